The molecule has 1 aromatic rings. The van der Waals surface area contributed by atoms with Gasteiger partial charge in [-0.1, -0.05) is 18.1 Å². The molecule has 84 valence electrons. The normalized spacial score (nSPS) is 20.3. The topological polar surface area (TPSA) is 18.5 Å². The summed E-state index contributed by atoms with van der Waals surface area (Å²) in [6, 6.07) is 7.86. The second-order valence-electron chi connectivity index (χ2n) is 3.95. The number of hydrogen-bond acceptors (Lipinski definition) is 2. The first-order chi connectivity index (χ1) is 7.88. The van der Waals surface area contributed by atoms with Crippen LogP contribution in [0.15, 0.2) is 24.3 Å². The van der Waals surface area contributed by atoms with Gasteiger partial charge in [0.15, 0.2) is 6.29 Å². The third-order valence-corrected chi connectivity index (χ3v) is 2.67. The molecule has 0 N–H and O–H groups in total. The van der Waals surface area contributed by atoms with Gasteiger partial charge in [0.1, 0.15) is 0 Å². The molecule has 0 aliphatic carbocycles. The van der Waals surface area contributed by atoms with E-state index in [9.17, 15) is 0 Å². The first kappa shape index (κ1) is 11.2. The van der Waals surface area contributed by atoms with E-state index in [1.807, 2.05) is 24.3 Å². The molecular weight excluding hydrogens is 200 g/mol. The van der Waals surface area contributed by atoms with Crippen molar-refractivity contribution in [3.05, 3.63) is 35.4 Å². The van der Waals surface area contributed by atoms with Crippen molar-refractivity contribution < 1.29 is 9.47 Å². The molecule has 0 aromatic heterocycles. The molecule has 1 aliphatic heterocycles. The Morgan fingerprint density at radius 2 is 2.38 bits per heavy atom. The highest BCUT2D eigenvalue weighted by molar-refractivity contribution is 5.34. The molecule has 0 amide bonds. The Kier molecular flexibility index (Phi) is 3.98. The molecule has 1 fully saturated rings. The summed E-state index contributed by atoms with van der Waals surface area (Å²) in [7, 11) is 0. The fourth-order valence-electron chi connectivity index (χ4n) is 1.78. The van der Waals surface area contributed by atoms with E-state index in [0.29, 0.717) is 6.61 Å². The van der Waals surface area contributed by atoms with E-state index in [1.54, 1.807) is 0 Å². The van der Waals surface area contributed by atoms with Crippen molar-refractivity contribution in [1.29, 1.82) is 0 Å². The Balaban J connectivity index is 1.86. The summed E-state index contributed by atoms with van der Waals surface area (Å²) in [5.74, 6) is 2.62. The van der Waals surface area contributed by atoms with E-state index in [1.165, 1.54) is 6.42 Å². The predicted octanol–water partition coefficient (Wildman–Crippen LogP) is 2.71. The van der Waals surface area contributed by atoms with E-state index in [2.05, 4.69) is 5.92 Å². The van der Waals surface area contributed by atoms with Gasteiger partial charge in [0.25, 0.3) is 0 Å². The van der Waals surface area contributed by atoms with Gasteiger partial charge in [-0.05, 0) is 37.0 Å². The predicted molar refractivity (Wildman–Crippen MR) is 62.8 cm³/mol. The van der Waals surface area contributed by atoms with Crippen molar-refractivity contribution in [3.63, 3.8) is 0 Å². The van der Waals surface area contributed by atoms with Gasteiger partial charge >= 0.3 is 0 Å². The molecule has 1 heterocycles. The average Bonchev–Trinajstić information content (AvgIpc) is 2.38. The first-order valence-corrected chi connectivity index (χ1v) is 5.67. The standard InChI is InChI=1S/C14H16O2/c1-2-12-6-5-7-13(10-12)11-16-14-8-3-4-9-15-14/h1,5-7,10,14H,3-4,8-9,11H2. The van der Waals surface area contributed by atoms with E-state index in [4.69, 9.17) is 15.9 Å². The van der Waals surface area contributed by atoms with Gasteiger partial charge < -0.3 is 9.47 Å². The fraction of sp³-hybridized carbons (Fsp3) is 0.429. The Morgan fingerprint density at radius 3 is 3.12 bits per heavy atom. The Morgan fingerprint density at radius 1 is 1.44 bits per heavy atom. The molecule has 0 radical (unpaired) electrons. The second-order valence-corrected chi connectivity index (χ2v) is 3.95. The Labute approximate surface area is 96.6 Å². The molecule has 2 nitrogen and oxygen atoms in total. The molecule has 0 spiro atoms. The zero-order chi connectivity index (χ0) is 11.2. The summed E-state index contributed by atoms with van der Waals surface area (Å²) in [5, 5.41) is 0. The quantitative estimate of drug-likeness (QED) is 0.723. The summed E-state index contributed by atoms with van der Waals surface area (Å²) in [6.45, 7) is 1.38. The lowest BCUT2D eigenvalue weighted by Gasteiger charge is -2.22. The van der Waals surface area contributed by atoms with Crippen molar-refractivity contribution in [3.8, 4) is 12.3 Å². The summed E-state index contributed by atoms with van der Waals surface area (Å²) in [4.78, 5) is 0. The largest absolute Gasteiger partial charge is 0.353 e. The molecule has 0 bridgehead atoms. The average molecular weight is 216 g/mol. The third-order valence-electron chi connectivity index (χ3n) is 2.67. The second kappa shape index (κ2) is 5.69. The first-order valence-electron chi connectivity index (χ1n) is 5.67. The molecule has 1 aromatic carbocycles. The van der Waals surface area contributed by atoms with Crippen LogP contribution < -0.4 is 0 Å². The molecule has 1 aliphatic rings. The smallest absolute Gasteiger partial charge is 0.158 e. The van der Waals surface area contributed by atoms with Crippen LogP contribution in [0.4, 0.5) is 0 Å². The SMILES string of the molecule is C#Cc1cccc(COC2CCCCO2)c1. The lowest BCUT2D eigenvalue weighted by molar-refractivity contribution is -0.168. The molecule has 2 heteroatoms. The molecule has 2 rings (SSSR count). The molecule has 0 saturated carbocycles. The maximum atomic E-state index is 5.68. The van der Waals surface area contributed by atoms with Crippen LogP contribution in [0.1, 0.15) is 30.4 Å². The van der Waals surface area contributed by atoms with Gasteiger partial charge in [-0.25, -0.2) is 0 Å². The highest BCUT2D eigenvalue weighted by Crippen LogP contribution is 2.15. The number of ether oxygens (including phenoxy) is 2. The van der Waals surface area contributed by atoms with Crippen molar-refractivity contribution >= 4 is 0 Å². The Hall–Kier alpha value is -1.30. The van der Waals surface area contributed by atoms with Gasteiger partial charge in [0.05, 0.1) is 6.61 Å². The molecular formula is C14H16O2. The fourth-order valence-corrected chi connectivity index (χ4v) is 1.78. The van der Waals surface area contributed by atoms with Crippen LogP contribution in [-0.4, -0.2) is 12.9 Å². The highest BCUT2D eigenvalue weighted by atomic mass is 16.7. The number of benzene rings is 1. The van der Waals surface area contributed by atoms with Crippen molar-refractivity contribution in [1.82, 2.24) is 0 Å². The van der Waals surface area contributed by atoms with E-state index in [0.717, 1.165) is 30.6 Å². The number of rotatable bonds is 3. The molecule has 1 atom stereocenters. The molecule has 1 unspecified atom stereocenters. The lowest BCUT2D eigenvalue weighted by atomic mass is 10.1. The van der Waals surface area contributed by atoms with Crippen LogP contribution in [0.25, 0.3) is 0 Å². The summed E-state index contributed by atoms with van der Waals surface area (Å²) < 4.78 is 11.2. The molecule has 1 saturated heterocycles. The summed E-state index contributed by atoms with van der Waals surface area (Å²) in [6.07, 6.45) is 8.63. The zero-order valence-corrected chi connectivity index (χ0v) is 9.32. The maximum Gasteiger partial charge on any atom is 0.158 e. The minimum Gasteiger partial charge on any atom is -0.353 e. The highest BCUT2D eigenvalue weighted by Gasteiger charge is 2.13. The van der Waals surface area contributed by atoms with Crippen LogP contribution in [0, 0.1) is 12.3 Å². The van der Waals surface area contributed by atoms with Crippen molar-refractivity contribution in [2.24, 2.45) is 0 Å². The number of hydrogen-bond donors (Lipinski definition) is 0. The van der Waals surface area contributed by atoms with E-state index >= 15 is 0 Å². The van der Waals surface area contributed by atoms with Crippen LogP contribution >= 0.6 is 0 Å². The van der Waals surface area contributed by atoms with Gasteiger partial charge in [0, 0.05) is 12.2 Å². The van der Waals surface area contributed by atoms with E-state index < -0.39 is 0 Å². The molecule has 16 heavy (non-hydrogen) atoms. The van der Waals surface area contributed by atoms with Crippen LogP contribution in [0.3, 0.4) is 0 Å². The zero-order valence-electron chi connectivity index (χ0n) is 9.32. The van der Waals surface area contributed by atoms with Crippen molar-refractivity contribution in [2.45, 2.75) is 32.2 Å². The van der Waals surface area contributed by atoms with Crippen LogP contribution in [-0.2, 0) is 16.1 Å². The summed E-state index contributed by atoms with van der Waals surface area (Å²) in [5.41, 5.74) is 2.00. The van der Waals surface area contributed by atoms with Gasteiger partial charge in [-0.15, -0.1) is 6.42 Å². The van der Waals surface area contributed by atoms with Crippen molar-refractivity contribution in [2.75, 3.05) is 6.61 Å². The third kappa shape index (κ3) is 3.10. The minimum atomic E-state index is -0.0387. The van der Waals surface area contributed by atoms with Gasteiger partial charge in [-0.2, -0.15) is 0 Å². The summed E-state index contributed by atoms with van der Waals surface area (Å²) >= 11 is 0. The van der Waals surface area contributed by atoms with Crippen LogP contribution in [0.5, 0.6) is 0 Å². The minimum absolute atomic E-state index is 0.0387. The maximum absolute atomic E-state index is 5.68. The van der Waals surface area contributed by atoms with E-state index in [-0.39, 0.29) is 6.29 Å². The van der Waals surface area contributed by atoms with Gasteiger partial charge in [-0.3, -0.25) is 0 Å². The van der Waals surface area contributed by atoms with Crippen LogP contribution in [0.2, 0.25) is 0 Å². The van der Waals surface area contributed by atoms with Gasteiger partial charge in [0.2, 0.25) is 0 Å². The monoisotopic (exact) mass is 216 g/mol. The Bertz CT molecular complexity index is 373. The number of terminal acetylenes is 1. The lowest BCUT2D eigenvalue weighted by Crippen LogP contribution is -2.21.